The minimum atomic E-state index is -1.28. The number of pyridine rings is 2. The monoisotopic (exact) mass is 470 g/mol. The van der Waals surface area contributed by atoms with Crippen LogP contribution in [0.5, 0.6) is 0 Å². The Hall–Kier alpha value is -2.89. The van der Waals surface area contributed by atoms with Crippen LogP contribution in [0.3, 0.4) is 0 Å². The fourth-order valence-corrected chi connectivity index (χ4v) is 5.02. The minimum absolute atomic E-state index is 0.292. The Labute approximate surface area is 194 Å². The smallest absolute Gasteiger partial charge is 0.341 e. The zero-order valence-corrected chi connectivity index (χ0v) is 19.2. The van der Waals surface area contributed by atoms with Crippen molar-refractivity contribution in [2.75, 3.05) is 37.7 Å². The van der Waals surface area contributed by atoms with Crippen molar-refractivity contribution in [1.82, 2.24) is 24.2 Å². The Kier molecular flexibility index (Phi) is 6.09. The number of hydrogen-bond acceptors (Lipinski definition) is 9. The van der Waals surface area contributed by atoms with Crippen LogP contribution in [0, 0.1) is 12.8 Å². The molecule has 2 aliphatic rings. The molecule has 5 rings (SSSR count). The van der Waals surface area contributed by atoms with Crippen molar-refractivity contribution >= 4 is 34.4 Å². The van der Waals surface area contributed by atoms with Crippen LogP contribution in [0.25, 0.3) is 16.2 Å². The van der Waals surface area contributed by atoms with E-state index < -0.39 is 11.4 Å². The number of aryl methyl sites for hydroxylation is 1. The number of fused-ring (bicyclic) bond motifs is 1. The highest BCUT2D eigenvalue weighted by molar-refractivity contribution is 7.08. The molecule has 0 saturated carbocycles. The Morgan fingerprint density at radius 2 is 2.18 bits per heavy atom. The summed E-state index contributed by atoms with van der Waals surface area (Å²) in [7, 11) is 0. The number of carboxylic acids is 1. The summed E-state index contributed by atoms with van der Waals surface area (Å²) >= 11 is 1.11. The number of rotatable bonds is 7. The first kappa shape index (κ1) is 21.9. The Morgan fingerprint density at radius 1 is 1.33 bits per heavy atom. The highest BCUT2D eigenvalue weighted by Gasteiger charge is 2.29. The summed E-state index contributed by atoms with van der Waals surface area (Å²) in [6.45, 7) is 6.24. The van der Waals surface area contributed by atoms with Crippen LogP contribution < -0.4 is 15.6 Å². The van der Waals surface area contributed by atoms with Gasteiger partial charge in [0.25, 0.3) is 0 Å². The van der Waals surface area contributed by atoms with Gasteiger partial charge in [0.1, 0.15) is 17.7 Å². The summed E-state index contributed by atoms with van der Waals surface area (Å²) < 4.78 is 11.3. The van der Waals surface area contributed by atoms with Gasteiger partial charge in [-0.05, 0) is 37.8 Å². The largest absolute Gasteiger partial charge is 0.477 e. The van der Waals surface area contributed by atoms with Gasteiger partial charge in [0.05, 0.1) is 11.5 Å². The molecule has 0 aliphatic carbocycles. The number of ether oxygens (including phenoxy) is 1. The third-order valence-corrected chi connectivity index (χ3v) is 6.95. The molecule has 174 valence electrons. The van der Waals surface area contributed by atoms with Crippen LogP contribution in [0.4, 0.5) is 5.82 Å². The highest BCUT2D eigenvalue weighted by atomic mass is 32.1. The maximum Gasteiger partial charge on any atom is 0.341 e. The van der Waals surface area contributed by atoms with Crippen LogP contribution in [-0.2, 0) is 4.74 Å². The average molecular weight is 471 g/mol. The summed E-state index contributed by atoms with van der Waals surface area (Å²) in [4.78, 5) is 35.7. The van der Waals surface area contributed by atoms with Gasteiger partial charge in [0.15, 0.2) is 5.65 Å². The molecule has 1 unspecified atom stereocenters. The van der Waals surface area contributed by atoms with Gasteiger partial charge in [0, 0.05) is 56.4 Å². The first-order chi connectivity index (χ1) is 16.0. The van der Waals surface area contributed by atoms with Gasteiger partial charge in [-0.25, -0.2) is 14.8 Å². The standard InChI is InChI=1S/C22H26N6O4S/c1-13-6-17(27-9-14(10-27)7-23-8-15-4-2-3-5-32-15)26-20-18(13)19(29)16(21(30)31)11-28(20)22-24-12-25-33-22/h6,11-12,14-15,23H,2-5,7-10H2,1H3,(H,30,31). The number of nitrogens with zero attached hydrogens (tertiary/aromatic N) is 5. The second-order valence-electron chi connectivity index (χ2n) is 8.68. The number of carboxylic acid groups (broad SMARTS) is 1. The van der Waals surface area contributed by atoms with Crippen molar-refractivity contribution in [3.05, 3.63) is 39.9 Å². The molecular formula is C22H26N6O4S. The minimum Gasteiger partial charge on any atom is -0.477 e. The lowest BCUT2D eigenvalue weighted by molar-refractivity contribution is 0.0163. The Morgan fingerprint density at radius 3 is 2.88 bits per heavy atom. The predicted octanol–water partition coefficient (Wildman–Crippen LogP) is 1.84. The lowest BCUT2D eigenvalue weighted by atomic mass is 9.99. The van der Waals surface area contributed by atoms with E-state index in [2.05, 4.69) is 19.6 Å². The molecule has 3 aromatic heterocycles. The lowest BCUT2D eigenvalue weighted by Gasteiger charge is -2.40. The van der Waals surface area contributed by atoms with Crippen LogP contribution in [-0.4, -0.2) is 68.9 Å². The fraction of sp³-hybridized carbons (Fsp3) is 0.500. The van der Waals surface area contributed by atoms with Crippen LogP contribution >= 0.6 is 11.5 Å². The molecule has 33 heavy (non-hydrogen) atoms. The SMILES string of the molecule is Cc1cc(N2CC(CNCC3CCCCO3)C2)nc2c1c(=O)c(C(=O)O)cn2-c1ncns1. The zero-order chi connectivity index (χ0) is 22.9. The van der Waals surface area contributed by atoms with Gasteiger partial charge in [-0.15, -0.1) is 0 Å². The second-order valence-corrected chi connectivity index (χ2v) is 9.44. The van der Waals surface area contributed by atoms with Gasteiger partial charge in [0.2, 0.25) is 10.6 Å². The molecule has 0 radical (unpaired) electrons. The van der Waals surface area contributed by atoms with Crippen molar-refractivity contribution in [3.8, 4) is 5.13 Å². The maximum absolute atomic E-state index is 12.9. The zero-order valence-electron chi connectivity index (χ0n) is 18.4. The van der Waals surface area contributed by atoms with Crippen LogP contribution in [0.1, 0.15) is 35.2 Å². The number of nitrogens with one attached hydrogen (secondary N) is 1. The summed E-state index contributed by atoms with van der Waals surface area (Å²) in [5.41, 5.74) is 0.239. The molecule has 2 aliphatic heterocycles. The number of aromatic carboxylic acids is 1. The van der Waals surface area contributed by atoms with Gasteiger partial charge in [-0.1, -0.05) is 0 Å². The van der Waals surface area contributed by atoms with Gasteiger partial charge >= 0.3 is 5.97 Å². The molecule has 10 nitrogen and oxygen atoms in total. The lowest BCUT2D eigenvalue weighted by Crippen LogP contribution is -2.52. The third-order valence-electron chi connectivity index (χ3n) is 6.29. The summed E-state index contributed by atoms with van der Waals surface area (Å²) in [5.74, 6) is 0.0130. The molecule has 2 fully saturated rings. The van der Waals surface area contributed by atoms with E-state index >= 15 is 0 Å². The van der Waals surface area contributed by atoms with E-state index in [1.807, 2.05) is 13.0 Å². The van der Waals surface area contributed by atoms with Crippen molar-refractivity contribution in [2.24, 2.45) is 5.92 Å². The fourth-order valence-electron chi connectivity index (χ4n) is 4.51. The average Bonchev–Trinajstić information content (AvgIpc) is 3.30. The maximum atomic E-state index is 12.9. The van der Waals surface area contributed by atoms with Crippen molar-refractivity contribution in [2.45, 2.75) is 32.3 Å². The first-order valence-electron chi connectivity index (χ1n) is 11.2. The van der Waals surface area contributed by atoms with Crippen molar-refractivity contribution in [1.29, 1.82) is 0 Å². The molecule has 0 aromatic carbocycles. The number of hydrogen-bond donors (Lipinski definition) is 2. The van der Waals surface area contributed by atoms with E-state index in [4.69, 9.17) is 9.72 Å². The molecule has 0 amide bonds. The molecule has 2 saturated heterocycles. The molecular weight excluding hydrogens is 444 g/mol. The second kappa shape index (κ2) is 9.16. The number of anilines is 1. The summed E-state index contributed by atoms with van der Waals surface area (Å²) in [5, 5.41) is 13.8. The van der Waals surface area contributed by atoms with Gasteiger partial charge in [-0.3, -0.25) is 9.36 Å². The molecule has 5 heterocycles. The van der Waals surface area contributed by atoms with E-state index in [1.54, 1.807) is 4.57 Å². The first-order valence-corrected chi connectivity index (χ1v) is 11.9. The number of carbonyl (C=O) groups is 1. The normalized spacial score (nSPS) is 19.1. The Bertz CT molecular complexity index is 1220. The van der Waals surface area contributed by atoms with E-state index in [9.17, 15) is 14.7 Å². The third kappa shape index (κ3) is 4.35. The number of aromatic nitrogens is 4. The van der Waals surface area contributed by atoms with E-state index in [0.717, 1.165) is 63.0 Å². The summed E-state index contributed by atoms with van der Waals surface area (Å²) in [6.07, 6.45) is 6.55. The molecule has 0 bridgehead atoms. The molecule has 3 aromatic rings. The molecule has 0 spiro atoms. The van der Waals surface area contributed by atoms with Gasteiger partial charge in [-0.2, -0.15) is 4.37 Å². The van der Waals surface area contributed by atoms with Crippen molar-refractivity contribution in [3.63, 3.8) is 0 Å². The molecule has 11 heteroatoms. The summed E-state index contributed by atoms with van der Waals surface area (Å²) in [6, 6.07) is 1.86. The van der Waals surface area contributed by atoms with Crippen LogP contribution in [0.2, 0.25) is 0 Å². The Balaban J connectivity index is 1.36. The van der Waals surface area contributed by atoms with Crippen LogP contribution in [0.15, 0.2) is 23.4 Å². The topological polar surface area (TPSA) is 122 Å². The molecule has 2 N–H and O–H groups in total. The quantitative estimate of drug-likeness (QED) is 0.532. The van der Waals surface area contributed by atoms with Crippen molar-refractivity contribution < 1.29 is 14.6 Å². The molecule has 1 atom stereocenters. The van der Waals surface area contributed by atoms with E-state index in [-0.39, 0.29) is 5.56 Å². The highest BCUT2D eigenvalue weighted by Crippen LogP contribution is 2.28. The predicted molar refractivity (Wildman–Crippen MR) is 125 cm³/mol. The van der Waals surface area contributed by atoms with E-state index in [0.29, 0.717) is 33.8 Å². The van der Waals surface area contributed by atoms with Gasteiger partial charge < -0.3 is 20.1 Å². The van der Waals surface area contributed by atoms with E-state index in [1.165, 1.54) is 18.9 Å².